The van der Waals surface area contributed by atoms with Gasteiger partial charge in [0.1, 0.15) is 4.64 Å². The quantitative estimate of drug-likeness (QED) is 0.528. The van der Waals surface area contributed by atoms with Crippen LogP contribution in [-0.2, 0) is 6.54 Å². The van der Waals surface area contributed by atoms with Crippen LogP contribution in [0.1, 0.15) is 23.7 Å². The SMILES string of the molecule is CCCn1cccc(C=O)c1=S. The zero-order valence-corrected chi connectivity index (χ0v) is 7.80. The van der Waals surface area contributed by atoms with Crippen LogP contribution in [0.15, 0.2) is 18.3 Å². The third kappa shape index (κ3) is 1.80. The first-order valence-electron chi connectivity index (χ1n) is 3.94. The van der Waals surface area contributed by atoms with Crippen molar-refractivity contribution >= 4 is 18.5 Å². The van der Waals surface area contributed by atoms with E-state index in [4.69, 9.17) is 12.2 Å². The summed E-state index contributed by atoms with van der Waals surface area (Å²) in [4.78, 5) is 10.5. The van der Waals surface area contributed by atoms with Crippen molar-refractivity contribution in [2.45, 2.75) is 19.9 Å². The van der Waals surface area contributed by atoms with Crippen LogP contribution in [0.5, 0.6) is 0 Å². The average Bonchev–Trinajstić information content (AvgIpc) is 2.09. The highest BCUT2D eigenvalue weighted by atomic mass is 32.1. The molecule has 0 atom stereocenters. The maximum absolute atomic E-state index is 10.5. The van der Waals surface area contributed by atoms with Crippen molar-refractivity contribution in [2.24, 2.45) is 0 Å². The Morgan fingerprint density at radius 3 is 3.00 bits per heavy atom. The normalized spacial score (nSPS) is 9.75. The van der Waals surface area contributed by atoms with Crippen molar-refractivity contribution in [1.29, 1.82) is 0 Å². The molecular formula is C9H11NOS. The fourth-order valence-electron chi connectivity index (χ4n) is 1.06. The minimum Gasteiger partial charge on any atom is -0.339 e. The zero-order chi connectivity index (χ0) is 8.97. The van der Waals surface area contributed by atoms with Gasteiger partial charge in [0.25, 0.3) is 0 Å². The molecule has 0 spiro atoms. The Labute approximate surface area is 76.8 Å². The van der Waals surface area contributed by atoms with Gasteiger partial charge in [0, 0.05) is 18.3 Å². The fourth-order valence-corrected chi connectivity index (χ4v) is 1.33. The first-order valence-corrected chi connectivity index (χ1v) is 4.35. The molecule has 0 aliphatic carbocycles. The van der Waals surface area contributed by atoms with Crippen molar-refractivity contribution in [3.63, 3.8) is 0 Å². The number of carbonyl (C=O) groups excluding carboxylic acids is 1. The van der Waals surface area contributed by atoms with Crippen LogP contribution in [-0.4, -0.2) is 10.9 Å². The number of hydrogen-bond donors (Lipinski definition) is 0. The maximum atomic E-state index is 10.5. The van der Waals surface area contributed by atoms with Gasteiger partial charge in [0.2, 0.25) is 0 Å². The van der Waals surface area contributed by atoms with Crippen LogP contribution in [0.3, 0.4) is 0 Å². The standard InChI is InChI=1S/C9H11NOS/c1-2-5-10-6-3-4-8(7-11)9(10)12/h3-4,6-7H,2,5H2,1H3. The van der Waals surface area contributed by atoms with E-state index < -0.39 is 0 Å². The summed E-state index contributed by atoms with van der Waals surface area (Å²) in [6, 6.07) is 3.58. The van der Waals surface area contributed by atoms with Gasteiger partial charge in [-0.1, -0.05) is 19.1 Å². The average molecular weight is 181 g/mol. The molecule has 0 saturated carbocycles. The van der Waals surface area contributed by atoms with E-state index >= 15 is 0 Å². The Morgan fingerprint density at radius 2 is 2.42 bits per heavy atom. The largest absolute Gasteiger partial charge is 0.339 e. The number of hydrogen-bond acceptors (Lipinski definition) is 2. The molecule has 0 fully saturated rings. The Morgan fingerprint density at radius 1 is 1.67 bits per heavy atom. The van der Waals surface area contributed by atoms with E-state index in [-0.39, 0.29) is 0 Å². The van der Waals surface area contributed by atoms with E-state index in [2.05, 4.69) is 6.92 Å². The number of carbonyl (C=O) groups is 1. The molecule has 3 heteroatoms. The molecule has 0 radical (unpaired) electrons. The molecule has 12 heavy (non-hydrogen) atoms. The number of aryl methyl sites for hydroxylation is 1. The van der Waals surface area contributed by atoms with Gasteiger partial charge in [-0.25, -0.2) is 0 Å². The number of aromatic nitrogens is 1. The molecule has 1 aromatic heterocycles. The molecule has 0 aromatic carbocycles. The predicted molar refractivity (Wildman–Crippen MR) is 50.9 cm³/mol. The molecule has 0 N–H and O–H groups in total. The number of nitrogens with zero attached hydrogens (tertiary/aromatic N) is 1. The van der Waals surface area contributed by atoms with E-state index in [0.29, 0.717) is 10.2 Å². The molecule has 1 heterocycles. The predicted octanol–water partition coefficient (Wildman–Crippen LogP) is 2.44. The molecule has 1 aromatic rings. The van der Waals surface area contributed by atoms with E-state index in [1.54, 1.807) is 6.07 Å². The monoisotopic (exact) mass is 181 g/mol. The fraction of sp³-hybridized carbons (Fsp3) is 0.333. The Balaban J connectivity index is 3.14. The second-order valence-corrected chi connectivity index (χ2v) is 2.97. The van der Waals surface area contributed by atoms with Gasteiger partial charge in [-0.05, 0) is 18.6 Å². The van der Waals surface area contributed by atoms with Crippen molar-refractivity contribution in [3.05, 3.63) is 28.5 Å². The number of aldehydes is 1. The molecular weight excluding hydrogens is 170 g/mol. The molecule has 0 aliphatic rings. The van der Waals surface area contributed by atoms with Crippen LogP contribution in [0, 0.1) is 4.64 Å². The lowest BCUT2D eigenvalue weighted by Gasteiger charge is -2.04. The van der Waals surface area contributed by atoms with Gasteiger partial charge in [-0.2, -0.15) is 0 Å². The maximum Gasteiger partial charge on any atom is 0.153 e. The van der Waals surface area contributed by atoms with Gasteiger partial charge in [0.05, 0.1) is 0 Å². The van der Waals surface area contributed by atoms with Crippen LogP contribution in [0.2, 0.25) is 0 Å². The minimum absolute atomic E-state index is 0.598. The lowest BCUT2D eigenvalue weighted by molar-refractivity contribution is 0.112. The number of pyridine rings is 1. The molecule has 2 nitrogen and oxygen atoms in total. The van der Waals surface area contributed by atoms with Gasteiger partial charge >= 0.3 is 0 Å². The van der Waals surface area contributed by atoms with Crippen molar-refractivity contribution in [2.75, 3.05) is 0 Å². The Kier molecular flexibility index (Phi) is 3.17. The molecule has 0 bridgehead atoms. The molecule has 0 unspecified atom stereocenters. The van der Waals surface area contributed by atoms with Gasteiger partial charge < -0.3 is 4.57 Å². The van der Waals surface area contributed by atoms with Gasteiger partial charge in [-0.3, -0.25) is 4.79 Å². The van der Waals surface area contributed by atoms with Crippen LogP contribution >= 0.6 is 12.2 Å². The lowest BCUT2D eigenvalue weighted by atomic mass is 10.3. The third-order valence-corrected chi connectivity index (χ3v) is 2.11. The summed E-state index contributed by atoms with van der Waals surface area (Å²) in [7, 11) is 0. The second-order valence-electron chi connectivity index (χ2n) is 2.58. The topological polar surface area (TPSA) is 22.0 Å². The highest BCUT2D eigenvalue weighted by Gasteiger charge is 1.95. The van der Waals surface area contributed by atoms with E-state index in [9.17, 15) is 4.79 Å². The van der Waals surface area contributed by atoms with E-state index in [1.807, 2.05) is 16.8 Å². The Bertz CT molecular complexity index is 330. The van der Waals surface area contributed by atoms with Crippen molar-refractivity contribution in [1.82, 2.24) is 4.57 Å². The van der Waals surface area contributed by atoms with Crippen LogP contribution in [0.4, 0.5) is 0 Å². The highest BCUT2D eigenvalue weighted by Crippen LogP contribution is 2.01. The lowest BCUT2D eigenvalue weighted by Crippen LogP contribution is -2.00. The van der Waals surface area contributed by atoms with Gasteiger partial charge in [-0.15, -0.1) is 0 Å². The van der Waals surface area contributed by atoms with Crippen LogP contribution in [0.25, 0.3) is 0 Å². The second kappa shape index (κ2) is 4.16. The summed E-state index contributed by atoms with van der Waals surface area (Å²) in [5, 5.41) is 0. The molecule has 0 saturated heterocycles. The summed E-state index contributed by atoms with van der Waals surface area (Å²) in [5.74, 6) is 0. The summed E-state index contributed by atoms with van der Waals surface area (Å²) in [5.41, 5.74) is 0.598. The molecule has 0 aliphatic heterocycles. The molecule has 64 valence electrons. The van der Waals surface area contributed by atoms with E-state index in [1.165, 1.54) is 0 Å². The number of rotatable bonds is 3. The van der Waals surface area contributed by atoms with E-state index in [0.717, 1.165) is 19.3 Å². The summed E-state index contributed by atoms with van der Waals surface area (Å²) >= 11 is 5.09. The Hall–Kier alpha value is -0.960. The van der Waals surface area contributed by atoms with Gasteiger partial charge in [0.15, 0.2) is 6.29 Å². The van der Waals surface area contributed by atoms with Crippen LogP contribution < -0.4 is 0 Å². The summed E-state index contributed by atoms with van der Waals surface area (Å²) < 4.78 is 2.55. The molecule has 1 rings (SSSR count). The zero-order valence-electron chi connectivity index (χ0n) is 6.99. The summed E-state index contributed by atoms with van der Waals surface area (Å²) in [6.45, 7) is 2.95. The summed E-state index contributed by atoms with van der Waals surface area (Å²) in [6.07, 6.45) is 3.73. The third-order valence-electron chi connectivity index (χ3n) is 1.64. The van der Waals surface area contributed by atoms with Crippen molar-refractivity contribution < 1.29 is 4.79 Å². The molecule has 0 amide bonds. The smallest absolute Gasteiger partial charge is 0.153 e. The highest BCUT2D eigenvalue weighted by molar-refractivity contribution is 7.71. The van der Waals surface area contributed by atoms with Crippen molar-refractivity contribution in [3.8, 4) is 0 Å². The first kappa shape index (κ1) is 9.13. The first-order chi connectivity index (χ1) is 5.79. The minimum atomic E-state index is 0.598.